The average molecular weight is 255 g/mol. The molecule has 3 nitrogen and oxygen atoms in total. The second kappa shape index (κ2) is 4.51. The molecule has 0 radical (unpaired) electrons. The van der Waals surface area contributed by atoms with E-state index < -0.39 is 5.95 Å². The average Bonchev–Trinajstić information content (AvgIpc) is 2.71. The maximum Gasteiger partial charge on any atom is 0.222 e. The van der Waals surface area contributed by atoms with Crippen LogP contribution in [0, 0.1) is 24.2 Å². The third-order valence-electron chi connectivity index (χ3n) is 3.79. The summed E-state index contributed by atoms with van der Waals surface area (Å²) in [6, 6.07) is 5.73. The summed E-state index contributed by atoms with van der Waals surface area (Å²) in [4.78, 5) is 3.72. The summed E-state index contributed by atoms with van der Waals surface area (Å²) in [7, 11) is 0. The summed E-state index contributed by atoms with van der Waals surface area (Å²) < 4.78 is 16.0. The fraction of sp³-hybridized carbons (Fsp3) is 0.333. The van der Waals surface area contributed by atoms with Crippen molar-refractivity contribution >= 4 is 0 Å². The molecule has 0 saturated heterocycles. The van der Waals surface area contributed by atoms with Gasteiger partial charge in [-0.2, -0.15) is 9.65 Å². The highest BCUT2D eigenvalue weighted by Gasteiger charge is 2.24. The summed E-state index contributed by atoms with van der Waals surface area (Å²) in [5, 5.41) is 9.33. The SMILES string of the molecule is Cc1c(C#N)c2n(c1-c1cccnc1F)CCCC2. The lowest BCUT2D eigenvalue weighted by molar-refractivity contribution is 0.532. The van der Waals surface area contributed by atoms with E-state index in [4.69, 9.17) is 0 Å². The standard InChI is InChI=1S/C15H14FN3/c1-10-12(9-17)13-6-2-3-8-19(13)14(10)11-5-4-7-18-15(11)16/h4-5,7H,2-3,6,8H2,1H3. The molecule has 1 aliphatic rings. The molecule has 19 heavy (non-hydrogen) atoms. The molecule has 0 fully saturated rings. The molecule has 3 rings (SSSR count). The van der Waals surface area contributed by atoms with Crippen molar-refractivity contribution in [3.63, 3.8) is 0 Å². The highest BCUT2D eigenvalue weighted by molar-refractivity contribution is 5.69. The van der Waals surface area contributed by atoms with Gasteiger partial charge in [-0.15, -0.1) is 0 Å². The predicted octanol–water partition coefficient (Wildman–Crippen LogP) is 3.21. The molecule has 1 aliphatic heterocycles. The third-order valence-corrected chi connectivity index (χ3v) is 3.79. The fourth-order valence-electron chi connectivity index (χ4n) is 2.93. The van der Waals surface area contributed by atoms with Gasteiger partial charge in [0.05, 0.1) is 16.8 Å². The molecule has 0 unspecified atom stereocenters. The number of nitrogens with zero attached hydrogens (tertiary/aromatic N) is 3. The van der Waals surface area contributed by atoms with Crippen LogP contribution in [0.1, 0.15) is 29.7 Å². The van der Waals surface area contributed by atoms with Crippen molar-refractivity contribution in [3.8, 4) is 17.3 Å². The molecule has 96 valence electrons. The van der Waals surface area contributed by atoms with Gasteiger partial charge in [-0.1, -0.05) is 0 Å². The number of halogens is 1. The Hall–Kier alpha value is -2.15. The third kappa shape index (κ3) is 1.74. The Morgan fingerprint density at radius 3 is 3.00 bits per heavy atom. The van der Waals surface area contributed by atoms with Crippen LogP contribution >= 0.6 is 0 Å². The van der Waals surface area contributed by atoms with Gasteiger partial charge in [0.25, 0.3) is 0 Å². The second-order valence-corrected chi connectivity index (χ2v) is 4.86. The maximum absolute atomic E-state index is 13.9. The van der Waals surface area contributed by atoms with Crippen LogP contribution in [-0.4, -0.2) is 9.55 Å². The van der Waals surface area contributed by atoms with Crippen LogP contribution in [0.3, 0.4) is 0 Å². The summed E-state index contributed by atoms with van der Waals surface area (Å²) in [5.41, 5.74) is 3.93. The lowest BCUT2D eigenvalue weighted by Gasteiger charge is -2.18. The normalized spacial score (nSPS) is 13.9. The number of aromatic nitrogens is 2. The van der Waals surface area contributed by atoms with E-state index in [-0.39, 0.29) is 0 Å². The van der Waals surface area contributed by atoms with Crippen LogP contribution in [0.2, 0.25) is 0 Å². The molecule has 0 atom stereocenters. The number of rotatable bonds is 1. The molecule has 3 heterocycles. The molecular weight excluding hydrogens is 241 g/mol. The van der Waals surface area contributed by atoms with Crippen LogP contribution in [0.5, 0.6) is 0 Å². The van der Waals surface area contributed by atoms with Crippen molar-refractivity contribution in [1.29, 1.82) is 5.26 Å². The van der Waals surface area contributed by atoms with Crippen molar-refractivity contribution in [3.05, 3.63) is 41.1 Å². The number of fused-ring (bicyclic) bond motifs is 1. The minimum atomic E-state index is -0.471. The number of hydrogen-bond acceptors (Lipinski definition) is 2. The minimum absolute atomic E-state index is 0.471. The molecule has 0 N–H and O–H groups in total. The van der Waals surface area contributed by atoms with Crippen molar-refractivity contribution in [2.75, 3.05) is 0 Å². The highest BCUT2D eigenvalue weighted by Crippen LogP contribution is 2.34. The Labute approximate surface area is 111 Å². The molecule has 0 aromatic carbocycles. The Balaban J connectivity index is 2.31. The number of pyridine rings is 1. The molecule has 2 aromatic rings. The van der Waals surface area contributed by atoms with E-state index in [1.54, 1.807) is 12.1 Å². The summed E-state index contributed by atoms with van der Waals surface area (Å²) in [5.74, 6) is -0.471. The first kappa shape index (κ1) is 11.9. The molecule has 2 aromatic heterocycles. The van der Waals surface area contributed by atoms with Gasteiger partial charge in [-0.25, -0.2) is 4.98 Å². The van der Waals surface area contributed by atoms with E-state index in [0.29, 0.717) is 11.1 Å². The monoisotopic (exact) mass is 255 g/mol. The molecule has 4 heteroatoms. The van der Waals surface area contributed by atoms with Crippen LogP contribution in [0.4, 0.5) is 4.39 Å². The van der Waals surface area contributed by atoms with Gasteiger partial charge >= 0.3 is 0 Å². The topological polar surface area (TPSA) is 41.6 Å². The van der Waals surface area contributed by atoms with Gasteiger partial charge in [0.2, 0.25) is 5.95 Å². The quantitative estimate of drug-likeness (QED) is 0.734. The first-order valence-corrected chi connectivity index (χ1v) is 6.47. The summed E-state index contributed by atoms with van der Waals surface area (Å²) in [6.45, 7) is 2.74. The van der Waals surface area contributed by atoms with Gasteiger partial charge in [0.15, 0.2) is 0 Å². The van der Waals surface area contributed by atoms with E-state index in [1.807, 2.05) is 6.92 Å². The Bertz CT molecular complexity index is 679. The van der Waals surface area contributed by atoms with E-state index in [9.17, 15) is 9.65 Å². The van der Waals surface area contributed by atoms with Gasteiger partial charge < -0.3 is 4.57 Å². The van der Waals surface area contributed by atoms with Crippen LogP contribution in [-0.2, 0) is 13.0 Å². The fourth-order valence-corrected chi connectivity index (χ4v) is 2.93. The van der Waals surface area contributed by atoms with E-state index in [1.165, 1.54) is 6.20 Å². The lowest BCUT2D eigenvalue weighted by atomic mass is 10.0. The summed E-state index contributed by atoms with van der Waals surface area (Å²) >= 11 is 0. The zero-order valence-corrected chi connectivity index (χ0v) is 10.8. The molecule has 0 aliphatic carbocycles. The van der Waals surface area contributed by atoms with E-state index in [0.717, 1.165) is 42.8 Å². The maximum atomic E-state index is 13.9. The van der Waals surface area contributed by atoms with Gasteiger partial charge in [-0.05, 0) is 43.9 Å². The smallest absolute Gasteiger partial charge is 0.222 e. The number of hydrogen-bond donors (Lipinski definition) is 0. The first-order valence-electron chi connectivity index (χ1n) is 6.47. The molecule has 0 spiro atoms. The minimum Gasteiger partial charge on any atom is -0.343 e. The number of nitriles is 1. The van der Waals surface area contributed by atoms with Crippen LogP contribution in [0.25, 0.3) is 11.3 Å². The van der Waals surface area contributed by atoms with Gasteiger partial charge in [0.1, 0.15) is 6.07 Å². The van der Waals surface area contributed by atoms with Crippen LogP contribution in [0.15, 0.2) is 18.3 Å². The molecule has 0 amide bonds. The second-order valence-electron chi connectivity index (χ2n) is 4.86. The van der Waals surface area contributed by atoms with Gasteiger partial charge in [0, 0.05) is 18.4 Å². The zero-order valence-electron chi connectivity index (χ0n) is 10.8. The van der Waals surface area contributed by atoms with Crippen LogP contribution < -0.4 is 0 Å². The van der Waals surface area contributed by atoms with Gasteiger partial charge in [-0.3, -0.25) is 0 Å². The van der Waals surface area contributed by atoms with Crippen molar-refractivity contribution < 1.29 is 4.39 Å². The first-order chi connectivity index (χ1) is 9.24. The molecular formula is C15H14FN3. The highest BCUT2D eigenvalue weighted by atomic mass is 19.1. The molecule has 0 saturated carbocycles. The van der Waals surface area contributed by atoms with Crippen molar-refractivity contribution in [2.24, 2.45) is 0 Å². The Morgan fingerprint density at radius 2 is 2.26 bits per heavy atom. The largest absolute Gasteiger partial charge is 0.343 e. The molecule has 0 bridgehead atoms. The Morgan fingerprint density at radius 1 is 1.42 bits per heavy atom. The Kier molecular flexibility index (Phi) is 2.83. The predicted molar refractivity (Wildman–Crippen MR) is 70.0 cm³/mol. The van der Waals surface area contributed by atoms with E-state index >= 15 is 0 Å². The zero-order chi connectivity index (χ0) is 13.4. The van der Waals surface area contributed by atoms with E-state index in [2.05, 4.69) is 15.6 Å². The van der Waals surface area contributed by atoms with Crippen molar-refractivity contribution in [2.45, 2.75) is 32.7 Å². The lowest BCUT2D eigenvalue weighted by Crippen LogP contribution is -2.12. The summed E-state index contributed by atoms with van der Waals surface area (Å²) in [6.07, 6.45) is 4.50. The van der Waals surface area contributed by atoms with Crippen molar-refractivity contribution in [1.82, 2.24) is 9.55 Å².